The van der Waals surface area contributed by atoms with Crippen molar-refractivity contribution in [2.24, 2.45) is 0 Å². The number of hydrogen-bond acceptors (Lipinski definition) is 7. The minimum Gasteiger partial charge on any atom is -0.508 e. The van der Waals surface area contributed by atoms with Crippen LogP contribution in [0.4, 0.5) is 4.79 Å². The summed E-state index contributed by atoms with van der Waals surface area (Å²) in [5.41, 5.74) is -0.407. The first-order valence-corrected chi connectivity index (χ1v) is 10.6. The van der Waals surface area contributed by atoms with E-state index in [0.29, 0.717) is 5.56 Å². The molecule has 31 heavy (non-hydrogen) atoms. The van der Waals surface area contributed by atoms with E-state index in [4.69, 9.17) is 4.74 Å². The van der Waals surface area contributed by atoms with Crippen LogP contribution in [0.5, 0.6) is 5.75 Å². The van der Waals surface area contributed by atoms with Crippen LogP contribution in [0.3, 0.4) is 0 Å². The molecule has 9 nitrogen and oxygen atoms in total. The standard InChI is InChI=1S/C21H33N3O6S/c1-13(2)22-18(27)17(14-7-6-8-15(26)11-14)24(9-10-25)19(28)16(12-31)23-20(29)30-21(3,4)5/h6-8,11,13,16-17,25-26,31H,9-10,12H2,1-5H3,(H,22,27)(H,23,29). The number of benzene rings is 1. The zero-order valence-electron chi connectivity index (χ0n) is 18.6. The number of rotatable bonds is 9. The van der Waals surface area contributed by atoms with E-state index in [-0.39, 0.29) is 24.1 Å². The zero-order valence-corrected chi connectivity index (χ0v) is 19.5. The van der Waals surface area contributed by atoms with Crippen molar-refractivity contribution < 1.29 is 29.3 Å². The predicted molar refractivity (Wildman–Crippen MR) is 120 cm³/mol. The number of aliphatic hydroxyl groups is 1. The molecule has 0 aliphatic carbocycles. The number of hydrogen-bond donors (Lipinski definition) is 5. The van der Waals surface area contributed by atoms with Crippen molar-refractivity contribution in [1.29, 1.82) is 0 Å². The summed E-state index contributed by atoms with van der Waals surface area (Å²) in [5, 5.41) is 24.7. The Labute approximate surface area is 188 Å². The number of phenolic OH excluding ortho intramolecular Hbond substituents is 1. The number of nitrogens with one attached hydrogen (secondary N) is 2. The predicted octanol–water partition coefficient (Wildman–Crippen LogP) is 1.60. The Kier molecular flexibility index (Phi) is 10.1. The van der Waals surface area contributed by atoms with Gasteiger partial charge < -0.3 is 30.5 Å². The molecule has 4 N–H and O–H groups in total. The third kappa shape index (κ3) is 8.66. The first-order chi connectivity index (χ1) is 14.4. The molecule has 174 valence electrons. The lowest BCUT2D eigenvalue weighted by molar-refractivity contribution is -0.142. The number of aromatic hydroxyl groups is 1. The first-order valence-electron chi connectivity index (χ1n) is 10.0. The van der Waals surface area contributed by atoms with Crippen molar-refractivity contribution in [3.8, 4) is 5.75 Å². The van der Waals surface area contributed by atoms with E-state index in [1.165, 1.54) is 12.1 Å². The molecule has 10 heteroatoms. The zero-order chi connectivity index (χ0) is 23.8. The van der Waals surface area contributed by atoms with Crippen LogP contribution in [0.2, 0.25) is 0 Å². The summed E-state index contributed by atoms with van der Waals surface area (Å²) < 4.78 is 5.20. The van der Waals surface area contributed by atoms with Gasteiger partial charge in [-0.1, -0.05) is 12.1 Å². The second-order valence-electron chi connectivity index (χ2n) is 8.30. The van der Waals surface area contributed by atoms with Gasteiger partial charge in [-0.3, -0.25) is 9.59 Å². The maximum Gasteiger partial charge on any atom is 0.408 e. The number of carbonyl (C=O) groups excluding carboxylic acids is 3. The van der Waals surface area contributed by atoms with Crippen molar-refractivity contribution in [3.63, 3.8) is 0 Å². The number of aliphatic hydroxyl groups excluding tert-OH is 1. The summed E-state index contributed by atoms with van der Waals surface area (Å²) in [6.07, 6.45) is -0.801. The largest absolute Gasteiger partial charge is 0.508 e. The van der Waals surface area contributed by atoms with Gasteiger partial charge in [0.25, 0.3) is 0 Å². The molecule has 2 unspecified atom stereocenters. The Morgan fingerprint density at radius 2 is 1.84 bits per heavy atom. The van der Waals surface area contributed by atoms with E-state index in [0.717, 1.165) is 4.90 Å². The molecule has 1 rings (SSSR count). The van der Waals surface area contributed by atoms with Gasteiger partial charge in [0, 0.05) is 18.3 Å². The first kappa shape index (κ1) is 26.6. The molecule has 0 saturated carbocycles. The molecule has 0 heterocycles. The van der Waals surface area contributed by atoms with Gasteiger partial charge in [-0.05, 0) is 52.3 Å². The average Bonchev–Trinajstić information content (AvgIpc) is 2.63. The Morgan fingerprint density at radius 1 is 1.19 bits per heavy atom. The molecule has 0 bridgehead atoms. The van der Waals surface area contributed by atoms with Gasteiger partial charge in [0.1, 0.15) is 23.4 Å². The summed E-state index contributed by atoms with van der Waals surface area (Å²) in [6.45, 7) is 8.03. The van der Waals surface area contributed by atoms with Gasteiger partial charge in [0.2, 0.25) is 11.8 Å². The van der Waals surface area contributed by atoms with Crippen molar-refractivity contribution in [3.05, 3.63) is 29.8 Å². The SMILES string of the molecule is CC(C)NC(=O)C(c1cccc(O)c1)N(CCO)C(=O)C(CS)NC(=O)OC(C)(C)C. The molecule has 0 saturated heterocycles. The molecule has 0 fully saturated rings. The fourth-order valence-corrected chi connectivity index (χ4v) is 3.09. The third-order valence-corrected chi connectivity index (χ3v) is 4.34. The van der Waals surface area contributed by atoms with Crippen molar-refractivity contribution in [2.75, 3.05) is 18.9 Å². The van der Waals surface area contributed by atoms with Crippen LogP contribution >= 0.6 is 12.6 Å². The summed E-state index contributed by atoms with van der Waals surface area (Å²) in [5.74, 6) is -1.24. The van der Waals surface area contributed by atoms with Gasteiger partial charge in [-0.15, -0.1) is 0 Å². The summed E-state index contributed by atoms with van der Waals surface area (Å²) in [6, 6.07) is 3.52. The molecule has 0 spiro atoms. The maximum absolute atomic E-state index is 13.3. The fourth-order valence-electron chi connectivity index (χ4n) is 2.84. The van der Waals surface area contributed by atoms with Gasteiger partial charge in [0.05, 0.1) is 6.61 Å². The lowest BCUT2D eigenvalue weighted by atomic mass is 10.0. The molecule has 0 aliphatic heterocycles. The minimum absolute atomic E-state index is 0.0570. The molecule has 0 radical (unpaired) electrons. The van der Waals surface area contributed by atoms with E-state index in [1.54, 1.807) is 46.8 Å². The van der Waals surface area contributed by atoms with Crippen LogP contribution < -0.4 is 10.6 Å². The van der Waals surface area contributed by atoms with E-state index in [9.17, 15) is 24.6 Å². The highest BCUT2D eigenvalue weighted by atomic mass is 32.1. The quantitative estimate of drug-likeness (QED) is 0.360. The monoisotopic (exact) mass is 455 g/mol. The topological polar surface area (TPSA) is 128 Å². The summed E-state index contributed by atoms with van der Waals surface area (Å²) >= 11 is 4.16. The average molecular weight is 456 g/mol. The minimum atomic E-state index is -1.14. The normalized spacial score (nSPS) is 13.3. The van der Waals surface area contributed by atoms with E-state index >= 15 is 0 Å². The number of carbonyl (C=O) groups is 3. The Hall–Kier alpha value is -2.46. The van der Waals surface area contributed by atoms with Crippen LogP contribution in [-0.4, -0.2) is 69.6 Å². The Morgan fingerprint density at radius 3 is 2.32 bits per heavy atom. The summed E-state index contributed by atoms with van der Waals surface area (Å²) in [7, 11) is 0. The van der Waals surface area contributed by atoms with Gasteiger partial charge in [-0.25, -0.2) is 4.79 Å². The lowest BCUT2D eigenvalue weighted by Crippen LogP contribution is -2.54. The number of ether oxygens (including phenoxy) is 1. The number of phenols is 1. The number of nitrogens with zero attached hydrogens (tertiary/aromatic N) is 1. The van der Waals surface area contributed by atoms with Crippen molar-refractivity contribution >= 4 is 30.5 Å². The van der Waals surface area contributed by atoms with Crippen LogP contribution in [0.25, 0.3) is 0 Å². The molecule has 1 aromatic carbocycles. The lowest BCUT2D eigenvalue weighted by Gasteiger charge is -2.34. The fraction of sp³-hybridized carbons (Fsp3) is 0.571. The highest BCUT2D eigenvalue weighted by Gasteiger charge is 2.36. The highest BCUT2D eigenvalue weighted by molar-refractivity contribution is 7.80. The molecular formula is C21H33N3O6S. The Bertz CT molecular complexity index is 766. The smallest absolute Gasteiger partial charge is 0.408 e. The molecular weight excluding hydrogens is 422 g/mol. The molecule has 2 atom stereocenters. The molecule has 3 amide bonds. The van der Waals surface area contributed by atoms with Gasteiger partial charge in [0.15, 0.2) is 0 Å². The highest BCUT2D eigenvalue weighted by Crippen LogP contribution is 2.25. The second kappa shape index (κ2) is 11.8. The number of thiol groups is 1. The van der Waals surface area contributed by atoms with Gasteiger partial charge in [-0.2, -0.15) is 12.6 Å². The van der Waals surface area contributed by atoms with Crippen molar-refractivity contribution in [2.45, 2.75) is 58.3 Å². The molecule has 0 aliphatic rings. The molecule has 1 aromatic rings. The third-order valence-electron chi connectivity index (χ3n) is 3.97. The summed E-state index contributed by atoms with van der Waals surface area (Å²) in [4.78, 5) is 39.7. The number of amides is 3. The van der Waals surface area contributed by atoms with Crippen molar-refractivity contribution in [1.82, 2.24) is 15.5 Å². The Balaban J connectivity index is 3.29. The van der Waals surface area contributed by atoms with Crippen LogP contribution in [0.15, 0.2) is 24.3 Å². The van der Waals surface area contributed by atoms with E-state index in [1.807, 2.05) is 0 Å². The van der Waals surface area contributed by atoms with Crippen LogP contribution in [0.1, 0.15) is 46.2 Å². The van der Waals surface area contributed by atoms with Crippen LogP contribution in [0, 0.1) is 0 Å². The van der Waals surface area contributed by atoms with E-state index < -0.39 is 42.2 Å². The number of alkyl carbamates (subject to hydrolysis) is 1. The molecule has 0 aromatic heterocycles. The van der Waals surface area contributed by atoms with Gasteiger partial charge >= 0.3 is 6.09 Å². The van der Waals surface area contributed by atoms with E-state index in [2.05, 4.69) is 23.3 Å². The second-order valence-corrected chi connectivity index (χ2v) is 8.66. The maximum atomic E-state index is 13.3. The van der Waals surface area contributed by atoms with Crippen LogP contribution in [-0.2, 0) is 14.3 Å².